The molecule has 0 fully saturated rings. The Morgan fingerprint density at radius 1 is 1.16 bits per heavy atom. The standard InChI is InChI=1S/C25H23N3O3/c1-16-14-21-23(25(29)28(16)13-12-17-8-4-3-5-9-17)22(19(15-26)24(27)31-21)18-10-6-7-11-20(18)30-2/h3-11,14,22H,12-13,27H2,1-2H3/t22-/m1/s1. The van der Waals surface area contributed by atoms with Gasteiger partial charge >= 0.3 is 0 Å². The van der Waals surface area contributed by atoms with E-state index in [1.165, 1.54) is 0 Å². The van der Waals surface area contributed by atoms with Crippen LogP contribution in [-0.2, 0) is 13.0 Å². The van der Waals surface area contributed by atoms with E-state index < -0.39 is 5.92 Å². The summed E-state index contributed by atoms with van der Waals surface area (Å²) in [5, 5.41) is 9.83. The highest BCUT2D eigenvalue weighted by atomic mass is 16.5. The normalized spacial score (nSPS) is 15.1. The lowest BCUT2D eigenvalue weighted by molar-refractivity contribution is 0.382. The second kappa shape index (κ2) is 8.41. The fourth-order valence-corrected chi connectivity index (χ4v) is 4.07. The monoisotopic (exact) mass is 413 g/mol. The van der Waals surface area contributed by atoms with Gasteiger partial charge in [-0.3, -0.25) is 4.79 Å². The zero-order valence-corrected chi connectivity index (χ0v) is 17.5. The lowest BCUT2D eigenvalue weighted by Gasteiger charge is -2.28. The van der Waals surface area contributed by atoms with Gasteiger partial charge in [-0.1, -0.05) is 48.5 Å². The predicted molar refractivity (Wildman–Crippen MR) is 118 cm³/mol. The number of aryl methyl sites for hydroxylation is 2. The molecule has 2 N–H and O–H groups in total. The number of ether oxygens (including phenoxy) is 2. The van der Waals surface area contributed by atoms with Crippen LogP contribution in [0.5, 0.6) is 11.5 Å². The second-order valence-corrected chi connectivity index (χ2v) is 7.42. The third kappa shape index (κ3) is 3.66. The van der Waals surface area contributed by atoms with E-state index in [-0.39, 0.29) is 17.0 Å². The molecule has 0 saturated heterocycles. The summed E-state index contributed by atoms with van der Waals surface area (Å²) in [5.74, 6) is 0.301. The molecule has 2 aromatic carbocycles. The summed E-state index contributed by atoms with van der Waals surface area (Å²) in [6, 6.07) is 21.3. The average Bonchev–Trinajstić information content (AvgIpc) is 2.78. The summed E-state index contributed by atoms with van der Waals surface area (Å²) in [7, 11) is 1.56. The molecule has 1 aromatic heterocycles. The third-order valence-corrected chi connectivity index (χ3v) is 5.61. The zero-order valence-electron chi connectivity index (χ0n) is 17.5. The van der Waals surface area contributed by atoms with Crippen molar-refractivity contribution in [2.24, 2.45) is 5.73 Å². The van der Waals surface area contributed by atoms with Crippen molar-refractivity contribution in [3.05, 3.63) is 105 Å². The first-order chi connectivity index (χ1) is 15.0. The van der Waals surface area contributed by atoms with Crippen molar-refractivity contribution in [3.63, 3.8) is 0 Å². The van der Waals surface area contributed by atoms with Crippen molar-refractivity contribution in [1.82, 2.24) is 4.57 Å². The molecule has 0 spiro atoms. The number of aromatic nitrogens is 1. The number of benzene rings is 2. The molecule has 6 heteroatoms. The molecule has 1 aliphatic rings. The summed E-state index contributed by atoms with van der Waals surface area (Å²) in [4.78, 5) is 13.7. The van der Waals surface area contributed by atoms with Crippen LogP contribution >= 0.6 is 0 Å². The molecular weight excluding hydrogens is 390 g/mol. The number of nitrogens with zero attached hydrogens (tertiary/aromatic N) is 2. The van der Waals surface area contributed by atoms with Gasteiger partial charge in [-0.25, -0.2) is 0 Å². The van der Waals surface area contributed by atoms with Gasteiger partial charge in [0.25, 0.3) is 5.56 Å². The van der Waals surface area contributed by atoms with Gasteiger partial charge in [0.05, 0.1) is 18.6 Å². The molecule has 0 radical (unpaired) electrons. The topological polar surface area (TPSA) is 90.3 Å². The zero-order chi connectivity index (χ0) is 22.0. The van der Waals surface area contributed by atoms with Crippen LogP contribution in [0.15, 0.2) is 76.9 Å². The number of pyridine rings is 1. The molecule has 6 nitrogen and oxygen atoms in total. The molecule has 31 heavy (non-hydrogen) atoms. The number of para-hydroxylation sites is 1. The molecule has 0 aliphatic carbocycles. The highest BCUT2D eigenvalue weighted by molar-refractivity contribution is 5.58. The van der Waals surface area contributed by atoms with Crippen molar-refractivity contribution in [1.29, 1.82) is 5.26 Å². The van der Waals surface area contributed by atoms with E-state index in [9.17, 15) is 10.1 Å². The molecule has 1 aliphatic heterocycles. The first kappa shape index (κ1) is 20.3. The van der Waals surface area contributed by atoms with E-state index in [1.807, 2.05) is 61.5 Å². The summed E-state index contributed by atoms with van der Waals surface area (Å²) in [6.07, 6.45) is 0.712. The van der Waals surface area contributed by atoms with Crippen LogP contribution in [0.3, 0.4) is 0 Å². The molecule has 2 heterocycles. The molecule has 1 atom stereocenters. The first-order valence-corrected chi connectivity index (χ1v) is 10.0. The van der Waals surface area contributed by atoms with E-state index in [0.29, 0.717) is 35.6 Å². The number of methoxy groups -OCH3 is 1. The van der Waals surface area contributed by atoms with Crippen LogP contribution < -0.4 is 20.8 Å². The molecule has 4 rings (SSSR count). The first-order valence-electron chi connectivity index (χ1n) is 10.0. The van der Waals surface area contributed by atoms with Crippen molar-refractivity contribution >= 4 is 0 Å². The molecule has 3 aromatic rings. The maximum atomic E-state index is 13.7. The Balaban J connectivity index is 1.87. The Kier molecular flexibility index (Phi) is 5.50. The number of hydrogen-bond acceptors (Lipinski definition) is 5. The van der Waals surface area contributed by atoms with Gasteiger partial charge in [-0.2, -0.15) is 5.26 Å². The van der Waals surface area contributed by atoms with Gasteiger partial charge in [-0.05, 0) is 25.0 Å². The fraction of sp³-hybridized carbons (Fsp3) is 0.200. The second-order valence-electron chi connectivity index (χ2n) is 7.42. The Hall–Kier alpha value is -3.98. The number of fused-ring (bicyclic) bond motifs is 1. The molecule has 0 amide bonds. The Bertz CT molecular complexity index is 1250. The fourth-order valence-electron chi connectivity index (χ4n) is 4.07. The third-order valence-electron chi connectivity index (χ3n) is 5.61. The SMILES string of the molecule is COc1ccccc1[C@@H]1C(C#N)=C(N)Oc2cc(C)n(CCc3ccccc3)c(=O)c21. The molecule has 0 saturated carbocycles. The summed E-state index contributed by atoms with van der Waals surface area (Å²) >= 11 is 0. The summed E-state index contributed by atoms with van der Waals surface area (Å²) < 4.78 is 13.0. The van der Waals surface area contributed by atoms with E-state index in [1.54, 1.807) is 17.7 Å². The largest absolute Gasteiger partial charge is 0.496 e. The van der Waals surface area contributed by atoms with Gasteiger partial charge in [0.2, 0.25) is 5.88 Å². The van der Waals surface area contributed by atoms with E-state index in [4.69, 9.17) is 15.2 Å². The average molecular weight is 413 g/mol. The van der Waals surface area contributed by atoms with Crippen LogP contribution in [0, 0.1) is 18.3 Å². The number of nitrogens with two attached hydrogens (primary N) is 1. The minimum Gasteiger partial charge on any atom is -0.496 e. The predicted octanol–water partition coefficient (Wildman–Crippen LogP) is 3.63. The van der Waals surface area contributed by atoms with Crippen molar-refractivity contribution in [3.8, 4) is 17.6 Å². The van der Waals surface area contributed by atoms with Crippen molar-refractivity contribution in [2.75, 3.05) is 7.11 Å². The minimum absolute atomic E-state index is 0.00624. The smallest absolute Gasteiger partial charge is 0.258 e. The lowest BCUT2D eigenvalue weighted by Crippen LogP contribution is -2.33. The summed E-state index contributed by atoms with van der Waals surface area (Å²) in [5.41, 5.74) is 9.10. The van der Waals surface area contributed by atoms with Gasteiger partial charge in [0.15, 0.2) is 0 Å². The van der Waals surface area contributed by atoms with Crippen molar-refractivity contribution in [2.45, 2.75) is 25.8 Å². The maximum absolute atomic E-state index is 13.7. The lowest BCUT2D eigenvalue weighted by atomic mass is 9.83. The quantitative estimate of drug-likeness (QED) is 0.690. The van der Waals surface area contributed by atoms with Gasteiger partial charge in [0.1, 0.15) is 23.1 Å². The van der Waals surface area contributed by atoms with E-state index in [0.717, 1.165) is 11.3 Å². The number of rotatable bonds is 5. The van der Waals surface area contributed by atoms with Crippen LogP contribution in [-0.4, -0.2) is 11.7 Å². The molecule has 156 valence electrons. The number of hydrogen-bond donors (Lipinski definition) is 1. The van der Waals surface area contributed by atoms with Gasteiger partial charge in [0, 0.05) is 23.9 Å². The Morgan fingerprint density at radius 2 is 1.87 bits per heavy atom. The van der Waals surface area contributed by atoms with Gasteiger partial charge < -0.3 is 19.8 Å². The van der Waals surface area contributed by atoms with E-state index in [2.05, 4.69) is 6.07 Å². The van der Waals surface area contributed by atoms with Crippen molar-refractivity contribution < 1.29 is 9.47 Å². The number of allylic oxidation sites excluding steroid dienone is 1. The van der Waals surface area contributed by atoms with E-state index >= 15 is 0 Å². The highest BCUT2D eigenvalue weighted by Crippen LogP contribution is 2.43. The van der Waals surface area contributed by atoms with Crippen LogP contribution in [0.2, 0.25) is 0 Å². The molecular formula is C25H23N3O3. The van der Waals surface area contributed by atoms with Crippen LogP contribution in [0.1, 0.15) is 28.3 Å². The minimum atomic E-state index is -0.666. The maximum Gasteiger partial charge on any atom is 0.258 e. The number of nitriles is 1. The Morgan fingerprint density at radius 3 is 2.58 bits per heavy atom. The molecule has 0 unspecified atom stereocenters. The van der Waals surface area contributed by atoms with Crippen LogP contribution in [0.4, 0.5) is 0 Å². The molecule has 0 bridgehead atoms. The summed E-state index contributed by atoms with van der Waals surface area (Å²) in [6.45, 7) is 2.38. The van der Waals surface area contributed by atoms with Crippen LogP contribution in [0.25, 0.3) is 0 Å². The van der Waals surface area contributed by atoms with Gasteiger partial charge in [-0.15, -0.1) is 0 Å². The Labute approximate surface area is 180 Å². The highest BCUT2D eigenvalue weighted by Gasteiger charge is 2.35.